The van der Waals surface area contributed by atoms with E-state index in [0.717, 1.165) is 0 Å². The summed E-state index contributed by atoms with van der Waals surface area (Å²) in [5.74, 6) is -1.41. The number of carboxylic acid groups (broad SMARTS) is 1. The number of ether oxygens (including phenoxy) is 1. The zero-order valence-electron chi connectivity index (χ0n) is 8.34. The van der Waals surface area contributed by atoms with E-state index < -0.39 is 19.0 Å². The summed E-state index contributed by atoms with van der Waals surface area (Å²) < 4.78 is 28.4. The third-order valence-corrected chi connectivity index (χ3v) is 2.09. The minimum absolute atomic E-state index is 0.0171. The molecule has 16 heavy (non-hydrogen) atoms. The van der Waals surface area contributed by atoms with Crippen LogP contribution in [-0.2, 0) is 11.2 Å². The van der Waals surface area contributed by atoms with E-state index in [1.165, 1.54) is 12.1 Å². The topological polar surface area (TPSA) is 46.5 Å². The first-order valence-electron chi connectivity index (χ1n) is 4.35. The van der Waals surface area contributed by atoms with Crippen LogP contribution in [0.3, 0.4) is 0 Å². The SMILES string of the molecule is Cc1cc(Cl)c(OC(F)F)c(CC(=O)O)c1. The van der Waals surface area contributed by atoms with Crippen LogP contribution in [0.15, 0.2) is 12.1 Å². The molecular formula is C10H9ClF2O3. The molecule has 0 saturated heterocycles. The summed E-state index contributed by atoms with van der Waals surface area (Å²) in [6.45, 7) is -1.35. The fourth-order valence-electron chi connectivity index (χ4n) is 1.32. The Morgan fingerprint density at radius 1 is 1.56 bits per heavy atom. The van der Waals surface area contributed by atoms with Crippen molar-refractivity contribution in [3.05, 3.63) is 28.3 Å². The first-order valence-corrected chi connectivity index (χ1v) is 4.73. The maximum atomic E-state index is 12.1. The summed E-state index contributed by atoms with van der Waals surface area (Å²) in [5, 5.41) is 8.60. The monoisotopic (exact) mass is 250 g/mol. The minimum Gasteiger partial charge on any atom is -0.481 e. The van der Waals surface area contributed by atoms with Gasteiger partial charge in [0.2, 0.25) is 0 Å². The Morgan fingerprint density at radius 3 is 2.69 bits per heavy atom. The van der Waals surface area contributed by atoms with Crippen LogP contribution < -0.4 is 4.74 Å². The molecule has 3 nitrogen and oxygen atoms in total. The number of carbonyl (C=O) groups is 1. The molecule has 0 atom stereocenters. The Bertz CT molecular complexity index is 407. The van der Waals surface area contributed by atoms with E-state index in [1.54, 1.807) is 6.92 Å². The van der Waals surface area contributed by atoms with Crippen molar-refractivity contribution < 1.29 is 23.4 Å². The molecule has 0 saturated carbocycles. The lowest BCUT2D eigenvalue weighted by Crippen LogP contribution is -2.08. The van der Waals surface area contributed by atoms with Crippen molar-refractivity contribution in [2.45, 2.75) is 20.0 Å². The van der Waals surface area contributed by atoms with Crippen LogP contribution in [0.2, 0.25) is 5.02 Å². The minimum atomic E-state index is -3.03. The fourth-order valence-corrected chi connectivity index (χ4v) is 1.65. The van der Waals surface area contributed by atoms with Gasteiger partial charge < -0.3 is 9.84 Å². The van der Waals surface area contributed by atoms with Gasteiger partial charge >= 0.3 is 12.6 Å². The molecule has 0 radical (unpaired) electrons. The largest absolute Gasteiger partial charge is 0.481 e. The molecule has 0 bridgehead atoms. The number of hydrogen-bond acceptors (Lipinski definition) is 2. The molecule has 0 aromatic heterocycles. The quantitative estimate of drug-likeness (QED) is 0.894. The molecule has 0 fully saturated rings. The van der Waals surface area contributed by atoms with E-state index in [-0.39, 0.29) is 16.3 Å². The van der Waals surface area contributed by atoms with Crippen LogP contribution in [0.4, 0.5) is 8.78 Å². The van der Waals surface area contributed by atoms with Gasteiger partial charge in [-0.25, -0.2) is 0 Å². The van der Waals surface area contributed by atoms with Gasteiger partial charge in [-0.3, -0.25) is 4.79 Å². The van der Waals surface area contributed by atoms with Gasteiger partial charge in [-0.15, -0.1) is 0 Å². The highest BCUT2D eigenvalue weighted by Crippen LogP contribution is 2.32. The van der Waals surface area contributed by atoms with Gasteiger partial charge in [0.1, 0.15) is 5.75 Å². The highest BCUT2D eigenvalue weighted by atomic mass is 35.5. The molecular weight excluding hydrogens is 242 g/mol. The molecule has 1 aromatic rings. The van der Waals surface area contributed by atoms with Crippen molar-refractivity contribution in [2.24, 2.45) is 0 Å². The number of hydrogen-bond donors (Lipinski definition) is 1. The molecule has 1 aromatic carbocycles. The average Bonchev–Trinajstić information content (AvgIpc) is 2.09. The zero-order valence-corrected chi connectivity index (χ0v) is 9.09. The van der Waals surface area contributed by atoms with Crippen LogP contribution in [0.25, 0.3) is 0 Å². The number of carboxylic acids is 1. The Morgan fingerprint density at radius 2 is 2.19 bits per heavy atom. The molecule has 1 rings (SSSR count). The normalized spacial score (nSPS) is 10.6. The summed E-state index contributed by atoms with van der Waals surface area (Å²) in [7, 11) is 0. The van der Waals surface area contributed by atoms with Gasteiger partial charge in [0.05, 0.1) is 11.4 Å². The van der Waals surface area contributed by atoms with Gasteiger partial charge in [-0.2, -0.15) is 8.78 Å². The van der Waals surface area contributed by atoms with Crippen molar-refractivity contribution in [1.82, 2.24) is 0 Å². The maximum absolute atomic E-state index is 12.1. The second-order valence-electron chi connectivity index (χ2n) is 3.18. The van der Waals surface area contributed by atoms with Crippen molar-refractivity contribution in [3.8, 4) is 5.75 Å². The average molecular weight is 251 g/mol. The molecule has 0 aliphatic carbocycles. The summed E-state index contributed by atoms with van der Waals surface area (Å²) in [6, 6.07) is 2.89. The summed E-state index contributed by atoms with van der Waals surface area (Å²) >= 11 is 5.71. The van der Waals surface area contributed by atoms with E-state index in [4.69, 9.17) is 16.7 Å². The number of halogens is 3. The van der Waals surface area contributed by atoms with Gasteiger partial charge in [0.15, 0.2) is 0 Å². The van der Waals surface area contributed by atoms with Gasteiger partial charge in [0.25, 0.3) is 0 Å². The van der Waals surface area contributed by atoms with Crippen molar-refractivity contribution in [3.63, 3.8) is 0 Å². The summed E-state index contributed by atoms with van der Waals surface area (Å²) in [5.41, 5.74) is 0.820. The Hall–Kier alpha value is -1.36. The standard InChI is InChI=1S/C10H9ClF2O3/c1-5-2-6(4-8(14)15)9(7(11)3-5)16-10(12)13/h2-3,10H,4H2,1H3,(H,14,15). The van der Waals surface area contributed by atoms with E-state index in [1.807, 2.05) is 0 Å². The second kappa shape index (κ2) is 5.12. The van der Waals surface area contributed by atoms with Gasteiger partial charge in [-0.05, 0) is 18.6 Å². The third-order valence-electron chi connectivity index (χ3n) is 1.81. The van der Waals surface area contributed by atoms with Gasteiger partial charge in [0, 0.05) is 5.56 Å². The van der Waals surface area contributed by atoms with Crippen molar-refractivity contribution in [2.75, 3.05) is 0 Å². The number of rotatable bonds is 4. The van der Waals surface area contributed by atoms with Crippen LogP contribution in [-0.4, -0.2) is 17.7 Å². The zero-order chi connectivity index (χ0) is 12.3. The van der Waals surface area contributed by atoms with Crippen LogP contribution in [0.1, 0.15) is 11.1 Å². The van der Waals surface area contributed by atoms with E-state index in [0.29, 0.717) is 5.56 Å². The maximum Gasteiger partial charge on any atom is 0.387 e. The summed E-state index contributed by atoms with van der Waals surface area (Å²) in [4.78, 5) is 10.5. The van der Waals surface area contributed by atoms with E-state index >= 15 is 0 Å². The van der Waals surface area contributed by atoms with E-state index in [2.05, 4.69) is 4.74 Å². The highest BCUT2D eigenvalue weighted by molar-refractivity contribution is 6.32. The number of aliphatic carboxylic acids is 1. The fraction of sp³-hybridized carbons (Fsp3) is 0.300. The molecule has 0 heterocycles. The second-order valence-corrected chi connectivity index (χ2v) is 3.59. The molecule has 0 aliphatic rings. The molecule has 0 aliphatic heterocycles. The van der Waals surface area contributed by atoms with E-state index in [9.17, 15) is 13.6 Å². The predicted molar refractivity (Wildman–Crippen MR) is 54.2 cm³/mol. The highest BCUT2D eigenvalue weighted by Gasteiger charge is 2.16. The number of benzene rings is 1. The van der Waals surface area contributed by atoms with Crippen molar-refractivity contribution >= 4 is 17.6 Å². The van der Waals surface area contributed by atoms with Crippen LogP contribution in [0, 0.1) is 6.92 Å². The summed E-state index contributed by atoms with van der Waals surface area (Å²) in [6.07, 6.45) is -0.413. The Balaban J connectivity index is 3.15. The Labute approximate surface area is 95.6 Å². The smallest absolute Gasteiger partial charge is 0.387 e. The molecule has 0 spiro atoms. The third kappa shape index (κ3) is 3.34. The number of alkyl halides is 2. The van der Waals surface area contributed by atoms with Crippen molar-refractivity contribution in [1.29, 1.82) is 0 Å². The molecule has 0 unspecified atom stereocenters. The molecule has 1 N–H and O–H groups in total. The van der Waals surface area contributed by atoms with Gasteiger partial charge in [-0.1, -0.05) is 17.7 Å². The molecule has 0 amide bonds. The first kappa shape index (κ1) is 12.7. The lowest BCUT2D eigenvalue weighted by molar-refractivity contribution is -0.136. The Kier molecular flexibility index (Phi) is 4.06. The lowest BCUT2D eigenvalue weighted by Gasteiger charge is -2.12. The molecule has 6 heteroatoms. The lowest BCUT2D eigenvalue weighted by atomic mass is 10.1. The number of aryl methyl sites for hydroxylation is 1. The first-order chi connectivity index (χ1) is 7.40. The van der Waals surface area contributed by atoms with Crippen LogP contribution >= 0.6 is 11.6 Å². The predicted octanol–water partition coefficient (Wildman–Crippen LogP) is 2.88. The molecule has 88 valence electrons. The van der Waals surface area contributed by atoms with Crippen LogP contribution in [0.5, 0.6) is 5.75 Å².